The standard InChI is InChI=1S/C15H21BrN2O2/c1-2-7-18-15(19)5-8-17-13-6-9-20-14-4-3-11(16)10-12(13)14/h3-4,10,13,17H,2,5-9H2,1H3,(H,18,19). The lowest BCUT2D eigenvalue weighted by Crippen LogP contribution is -2.32. The van der Waals surface area contributed by atoms with E-state index in [1.165, 1.54) is 5.56 Å². The summed E-state index contributed by atoms with van der Waals surface area (Å²) in [6.07, 6.45) is 2.42. The van der Waals surface area contributed by atoms with Gasteiger partial charge in [0, 0.05) is 42.0 Å². The predicted octanol–water partition coefficient (Wildman–Crippen LogP) is 2.78. The smallest absolute Gasteiger partial charge is 0.221 e. The summed E-state index contributed by atoms with van der Waals surface area (Å²) in [5.74, 6) is 1.05. The normalized spacial score (nSPS) is 17.2. The zero-order valence-corrected chi connectivity index (χ0v) is 13.3. The molecule has 2 N–H and O–H groups in total. The Balaban J connectivity index is 1.86. The van der Waals surface area contributed by atoms with Crippen molar-refractivity contribution in [3.05, 3.63) is 28.2 Å². The molecule has 0 saturated heterocycles. The van der Waals surface area contributed by atoms with Crippen molar-refractivity contribution < 1.29 is 9.53 Å². The molecule has 20 heavy (non-hydrogen) atoms. The minimum Gasteiger partial charge on any atom is -0.493 e. The van der Waals surface area contributed by atoms with E-state index in [1.807, 2.05) is 12.1 Å². The third kappa shape index (κ3) is 4.21. The third-order valence-corrected chi connectivity index (χ3v) is 3.82. The summed E-state index contributed by atoms with van der Waals surface area (Å²) in [6.45, 7) is 4.21. The van der Waals surface area contributed by atoms with Gasteiger partial charge in [0.05, 0.1) is 6.61 Å². The lowest BCUT2D eigenvalue weighted by molar-refractivity contribution is -0.121. The quantitative estimate of drug-likeness (QED) is 0.837. The number of carbonyl (C=O) groups is 1. The molecule has 1 atom stereocenters. The van der Waals surface area contributed by atoms with Gasteiger partial charge < -0.3 is 15.4 Å². The van der Waals surface area contributed by atoms with E-state index in [4.69, 9.17) is 4.74 Å². The fourth-order valence-electron chi connectivity index (χ4n) is 2.29. The summed E-state index contributed by atoms with van der Waals surface area (Å²) in [5.41, 5.74) is 1.17. The van der Waals surface area contributed by atoms with Gasteiger partial charge in [-0.1, -0.05) is 22.9 Å². The lowest BCUT2D eigenvalue weighted by Gasteiger charge is -2.27. The van der Waals surface area contributed by atoms with Crippen LogP contribution in [0.1, 0.15) is 37.8 Å². The average Bonchev–Trinajstić information content (AvgIpc) is 2.45. The first-order valence-electron chi connectivity index (χ1n) is 7.13. The monoisotopic (exact) mass is 340 g/mol. The highest BCUT2D eigenvalue weighted by Gasteiger charge is 2.21. The zero-order valence-electron chi connectivity index (χ0n) is 11.7. The van der Waals surface area contributed by atoms with Gasteiger partial charge in [0.15, 0.2) is 0 Å². The van der Waals surface area contributed by atoms with E-state index < -0.39 is 0 Å². The number of amides is 1. The van der Waals surface area contributed by atoms with Crippen LogP contribution in [0.5, 0.6) is 5.75 Å². The van der Waals surface area contributed by atoms with E-state index in [-0.39, 0.29) is 11.9 Å². The Bertz CT molecular complexity index is 465. The zero-order chi connectivity index (χ0) is 14.4. The molecule has 1 aliphatic rings. The maximum absolute atomic E-state index is 11.6. The van der Waals surface area contributed by atoms with Crippen LogP contribution in [0.4, 0.5) is 0 Å². The third-order valence-electron chi connectivity index (χ3n) is 3.33. The van der Waals surface area contributed by atoms with Crippen molar-refractivity contribution in [2.45, 2.75) is 32.2 Å². The molecule has 1 unspecified atom stereocenters. The molecule has 0 fully saturated rings. The van der Waals surface area contributed by atoms with Gasteiger partial charge in [-0.3, -0.25) is 4.79 Å². The SMILES string of the molecule is CCCNC(=O)CCNC1CCOc2ccc(Br)cc21. The van der Waals surface area contributed by atoms with Crippen LogP contribution < -0.4 is 15.4 Å². The Kier molecular flexibility index (Phi) is 5.86. The summed E-state index contributed by atoms with van der Waals surface area (Å²) in [5, 5.41) is 6.34. The summed E-state index contributed by atoms with van der Waals surface area (Å²) in [7, 11) is 0. The predicted molar refractivity (Wildman–Crippen MR) is 82.9 cm³/mol. The number of hydrogen-bond acceptors (Lipinski definition) is 3. The number of nitrogens with one attached hydrogen (secondary N) is 2. The first-order valence-corrected chi connectivity index (χ1v) is 7.92. The molecule has 1 aliphatic heterocycles. The molecule has 0 aromatic heterocycles. The highest BCUT2D eigenvalue weighted by molar-refractivity contribution is 9.10. The van der Waals surface area contributed by atoms with Gasteiger partial charge in [-0.2, -0.15) is 0 Å². The molecule has 0 aliphatic carbocycles. The molecule has 4 nitrogen and oxygen atoms in total. The summed E-state index contributed by atoms with van der Waals surface area (Å²) in [4.78, 5) is 11.6. The van der Waals surface area contributed by atoms with E-state index >= 15 is 0 Å². The summed E-state index contributed by atoms with van der Waals surface area (Å²) < 4.78 is 6.70. The molecule has 110 valence electrons. The van der Waals surface area contributed by atoms with Crippen LogP contribution >= 0.6 is 15.9 Å². The molecule has 1 heterocycles. The maximum atomic E-state index is 11.6. The van der Waals surface area contributed by atoms with E-state index in [0.717, 1.165) is 29.6 Å². The number of carbonyl (C=O) groups excluding carboxylic acids is 1. The maximum Gasteiger partial charge on any atom is 0.221 e. The van der Waals surface area contributed by atoms with Gasteiger partial charge in [-0.25, -0.2) is 0 Å². The Labute approximate surface area is 128 Å². The van der Waals surface area contributed by atoms with Crippen molar-refractivity contribution in [2.75, 3.05) is 19.7 Å². The average molecular weight is 341 g/mol. The van der Waals surface area contributed by atoms with E-state index in [0.29, 0.717) is 19.6 Å². The van der Waals surface area contributed by atoms with Gasteiger partial charge in [0.25, 0.3) is 0 Å². The van der Waals surface area contributed by atoms with E-state index in [9.17, 15) is 4.79 Å². The van der Waals surface area contributed by atoms with Crippen molar-refractivity contribution in [1.82, 2.24) is 10.6 Å². The fraction of sp³-hybridized carbons (Fsp3) is 0.533. The second kappa shape index (κ2) is 7.64. The Hall–Kier alpha value is -1.07. The van der Waals surface area contributed by atoms with Gasteiger partial charge in [-0.05, 0) is 24.6 Å². The molecule has 0 radical (unpaired) electrons. The van der Waals surface area contributed by atoms with Crippen molar-refractivity contribution in [1.29, 1.82) is 0 Å². The van der Waals surface area contributed by atoms with Crippen molar-refractivity contribution in [3.63, 3.8) is 0 Å². The minimum atomic E-state index is 0.112. The van der Waals surface area contributed by atoms with Crippen LogP contribution in [0.25, 0.3) is 0 Å². The minimum absolute atomic E-state index is 0.112. The first-order chi connectivity index (χ1) is 9.70. The van der Waals surface area contributed by atoms with Gasteiger partial charge in [0.1, 0.15) is 5.75 Å². The first kappa shape index (κ1) is 15.3. The largest absolute Gasteiger partial charge is 0.493 e. The number of ether oxygens (including phenoxy) is 1. The van der Waals surface area contributed by atoms with Crippen LogP contribution in [0.2, 0.25) is 0 Å². The molecular formula is C15H21BrN2O2. The molecule has 0 saturated carbocycles. The van der Waals surface area contributed by atoms with E-state index in [1.54, 1.807) is 0 Å². The Morgan fingerprint density at radius 2 is 2.30 bits per heavy atom. The van der Waals surface area contributed by atoms with Crippen LogP contribution in [0, 0.1) is 0 Å². The highest BCUT2D eigenvalue weighted by Crippen LogP contribution is 2.33. The van der Waals surface area contributed by atoms with Crippen molar-refractivity contribution in [2.24, 2.45) is 0 Å². The molecule has 2 rings (SSSR count). The van der Waals surface area contributed by atoms with Gasteiger partial charge in [-0.15, -0.1) is 0 Å². The molecule has 1 aromatic rings. The Morgan fingerprint density at radius 1 is 1.45 bits per heavy atom. The number of hydrogen-bond donors (Lipinski definition) is 2. The highest BCUT2D eigenvalue weighted by atomic mass is 79.9. The van der Waals surface area contributed by atoms with E-state index in [2.05, 4.69) is 39.6 Å². The van der Waals surface area contributed by atoms with Crippen molar-refractivity contribution >= 4 is 21.8 Å². The summed E-state index contributed by atoms with van der Waals surface area (Å²) in [6, 6.07) is 6.32. The van der Waals surface area contributed by atoms with Crippen LogP contribution in [0.15, 0.2) is 22.7 Å². The van der Waals surface area contributed by atoms with Gasteiger partial charge in [0.2, 0.25) is 5.91 Å². The number of fused-ring (bicyclic) bond motifs is 1. The van der Waals surface area contributed by atoms with Crippen molar-refractivity contribution in [3.8, 4) is 5.75 Å². The Morgan fingerprint density at radius 3 is 3.10 bits per heavy atom. The topological polar surface area (TPSA) is 50.4 Å². The molecule has 1 amide bonds. The summed E-state index contributed by atoms with van der Waals surface area (Å²) >= 11 is 3.49. The molecule has 1 aromatic carbocycles. The molecule has 5 heteroatoms. The molecular weight excluding hydrogens is 320 g/mol. The second-order valence-corrected chi connectivity index (χ2v) is 5.84. The second-order valence-electron chi connectivity index (χ2n) is 4.93. The molecule has 0 bridgehead atoms. The lowest BCUT2D eigenvalue weighted by atomic mass is 10.0. The van der Waals surface area contributed by atoms with Crippen LogP contribution in [-0.2, 0) is 4.79 Å². The number of rotatable bonds is 6. The van der Waals surface area contributed by atoms with Gasteiger partial charge >= 0.3 is 0 Å². The van der Waals surface area contributed by atoms with Crippen LogP contribution in [0.3, 0.4) is 0 Å². The van der Waals surface area contributed by atoms with Crippen LogP contribution in [-0.4, -0.2) is 25.6 Å². The number of halogens is 1. The fourth-order valence-corrected chi connectivity index (χ4v) is 2.67. The molecule has 0 spiro atoms. The number of benzene rings is 1.